The molecule has 1 aliphatic heterocycles. The van der Waals surface area contributed by atoms with Gasteiger partial charge in [-0.1, -0.05) is 44.2 Å². The summed E-state index contributed by atoms with van der Waals surface area (Å²) in [4.78, 5) is 38.9. The van der Waals surface area contributed by atoms with Gasteiger partial charge in [0.05, 0.1) is 5.92 Å². The van der Waals surface area contributed by atoms with Gasteiger partial charge in [-0.15, -0.1) is 0 Å². The SMILES string of the molecule is CC1CC(=O)C2=C(C1)OC1=C(C(=O)CC(C)C1)C2C(=O)c1ccccc1. The predicted octanol–water partition coefficient (Wildman–Crippen LogP) is 4.02. The number of hydrogen-bond donors (Lipinski definition) is 0. The van der Waals surface area contributed by atoms with E-state index in [9.17, 15) is 14.4 Å². The molecule has 2 unspecified atom stereocenters. The molecule has 0 N–H and O–H groups in total. The van der Waals surface area contributed by atoms with Crippen molar-refractivity contribution < 1.29 is 19.1 Å². The van der Waals surface area contributed by atoms with Crippen LogP contribution in [-0.2, 0) is 14.3 Å². The molecule has 26 heavy (non-hydrogen) atoms. The zero-order valence-corrected chi connectivity index (χ0v) is 15.1. The normalized spacial score (nSPS) is 28.5. The van der Waals surface area contributed by atoms with Crippen LogP contribution < -0.4 is 0 Å². The minimum Gasteiger partial charge on any atom is -0.465 e. The standard InChI is InChI=1S/C22H22O4/c1-12-8-15(23)19-17(10-12)26-18-11-13(2)9-16(24)20(18)21(19)22(25)14-6-4-3-5-7-14/h3-7,12-13,21H,8-11H2,1-2H3. The van der Waals surface area contributed by atoms with E-state index in [-0.39, 0.29) is 29.2 Å². The second kappa shape index (κ2) is 6.35. The first kappa shape index (κ1) is 17.0. The van der Waals surface area contributed by atoms with Crippen LogP contribution in [0.4, 0.5) is 0 Å². The molecule has 3 aliphatic rings. The number of ketones is 3. The Morgan fingerprint density at radius 3 is 1.85 bits per heavy atom. The summed E-state index contributed by atoms with van der Waals surface area (Å²) in [6.45, 7) is 4.02. The quantitative estimate of drug-likeness (QED) is 0.756. The number of hydrogen-bond acceptors (Lipinski definition) is 4. The van der Waals surface area contributed by atoms with E-state index in [4.69, 9.17) is 4.74 Å². The second-order valence-corrected chi connectivity index (χ2v) is 7.81. The Kier molecular flexibility index (Phi) is 4.14. The van der Waals surface area contributed by atoms with Gasteiger partial charge in [-0.2, -0.15) is 0 Å². The third-order valence-corrected chi connectivity index (χ3v) is 5.48. The highest BCUT2D eigenvalue weighted by Gasteiger charge is 2.46. The molecular weight excluding hydrogens is 328 g/mol. The monoisotopic (exact) mass is 350 g/mol. The molecule has 134 valence electrons. The summed E-state index contributed by atoms with van der Waals surface area (Å²) in [6.07, 6.45) is 2.07. The van der Waals surface area contributed by atoms with Crippen LogP contribution in [0.2, 0.25) is 0 Å². The van der Waals surface area contributed by atoms with Gasteiger partial charge >= 0.3 is 0 Å². The molecule has 1 aromatic rings. The van der Waals surface area contributed by atoms with Gasteiger partial charge < -0.3 is 4.74 Å². The number of benzene rings is 1. The van der Waals surface area contributed by atoms with E-state index < -0.39 is 5.92 Å². The molecule has 4 rings (SSSR count). The number of ether oxygens (including phenoxy) is 1. The number of allylic oxidation sites excluding steroid dienone is 4. The molecule has 0 spiro atoms. The summed E-state index contributed by atoms with van der Waals surface area (Å²) in [6, 6.07) is 8.92. The van der Waals surface area contributed by atoms with Gasteiger partial charge in [0, 0.05) is 42.4 Å². The molecule has 0 amide bonds. The van der Waals surface area contributed by atoms with Crippen molar-refractivity contribution in [3.8, 4) is 0 Å². The smallest absolute Gasteiger partial charge is 0.175 e. The molecule has 0 saturated heterocycles. The van der Waals surface area contributed by atoms with Crippen LogP contribution >= 0.6 is 0 Å². The van der Waals surface area contributed by atoms with Crippen LogP contribution in [0.1, 0.15) is 49.9 Å². The largest absolute Gasteiger partial charge is 0.465 e. The maximum atomic E-state index is 13.3. The van der Waals surface area contributed by atoms with Crippen molar-refractivity contribution in [2.75, 3.05) is 0 Å². The lowest BCUT2D eigenvalue weighted by molar-refractivity contribution is -0.119. The van der Waals surface area contributed by atoms with Gasteiger partial charge in [0.1, 0.15) is 11.5 Å². The Balaban J connectivity index is 1.86. The molecule has 1 aromatic carbocycles. The molecular formula is C22H22O4. The van der Waals surface area contributed by atoms with Crippen molar-refractivity contribution >= 4 is 17.3 Å². The van der Waals surface area contributed by atoms with Gasteiger partial charge in [-0.3, -0.25) is 14.4 Å². The maximum Gasteiger partial charge on any atom is 0.175 e. The van der Waals surface area contributed by atoms with E-state index >= 15 is 0 Å². The Bertz CT molecular complexity index is 813. The summed E-state index contributed by atoms with van der Waals surface area (Å²) in [5.41, 5.74) is 1.35. The van der Waals surface area contributed by atoms with Crippen molar-refractivity contribution in [3.05, 3.63) is 58.6 Å². The number of carbonyl (C=O) groups excluding carboxylic acids is 3. The Labute approximate surface area is 152 Å². The third-order valence-electron chi connectivity index (χ3n) is 5.48. The molecule has 2 aliphatic carbocycles. The van der Waals surface area contributed by atoms with Crippen LogP contribution in [0, 0.1) is 17.8 Å². The minimum atomic E-state index is -0.809. The van der Waals surface area contributed by atoms with Crippen molar-refractivity contribution in [1.82, 2.24) is 0 Å². The van der Waals surface area contributed by atoms with Crippen LogP contribution in [0.5, 0.6) is 0 Å². The third kappa shape index (κ3) is 2.74. The fourth-order valence-corrected chi connectivity index (χ4v) is 4.32. The molecule has 0 bridgehead atoms. The van der Waals surface area contributed by atoms with E-state index in [1.807, 2.05) is 19.9 Å². The topological polar surface area (TPSA) is 60.4 Å². The van der Waals surface area contributed by atoms with E-state index in [2.05, 4.69) is 0 Å². The Morgan fingerprint density at radius 2 is 1.35 bits per heavy atom. The van der Waals surface area contributed by atoms with Gasteiger partial charge in [0.15, 0.2) is 17.3 Å². The summed E-state index contributed by atoms with van der Waals surface area (Å²) < 4.78 is 6.06. The second-order valence-electron chi connectivity index (χ2n) is 7.81. The van der Waals surface area contributed by atoms with Gasteiger partial charge in [0.2, 0.25) is 0 Å². The number of rotatable bonds is 2. The van der Waals surface area contributed by atoms with E-state index in [1.54, 1.807) is 24.3 Å². The Hall–Kier alpha value is -2.49. The molecule has 0 fully saturated rings. The average molecular weight is 350 g/mol. The highest BCUT2D eigenvalue weighted by atomic mass is 16.5. The summed E-state index contributed by atoms with van der Waals surface area (Å²) >= 11 is 0. The van der Waals surface area contributed by atoms with Crippen molar-refractivity contribution in [2.45, 2.75) is 39.5 Å². The lowest BCUT2D eigenvalue weighted by Gasteiger charge is -2.37. The summed E-state index contributed by atoms with van der Waals surface area (Å²) in [7, 11) is 0. The van der Waals surface area contributed by atoms with E-state index in [0.29, 0.717) is 53.9 Å². The lowest BCUT2D eigenvalue weighted by atomic mass is 9.70. The first-order chi connectivity index (χ1) is 12.5. The van der Waals surface area contributed by atoms with Crippen LogP contribution in [0.3, 0.4) is 0 Å². The fourth-order valence-electron chi connectivity index (χ4n) is 4.32. The molecule has 4 nitrogen and oxygen atoms in total. The van der Waals surface area contributed by atoms with Crippen LogP contribution in [0.25, 0.3) is 0 Å². The van der Waals surface area contributed by atoms with Crippen molar-refractivity contribution in [1.29, 1.82) is 0 Å². The van der Waals surface area contributed by atoms with Crippen molar-refractivity contribution in [3.63, 3.8) is 0 Å². The van der Waals surface area contributed by atoms with Crippen molar-refractivity contribution in [2.24, 2.45) is 17.8 Å². The molecule has 0 saturated carbocycles. The van der Waals surface area contributed by atoms with Crippen LogP contribution in [-0.4, -0.2) is 17.3 Å². The number of Topliss-reactive ketones (excluding diaryl/α,β-unsaturated/α-hetero) is 3. The predicted molar refractivity (Wildman–Crippen MR) is 96.2 cm³/mol. The summed E-state index contributed by atoms with van der Waals surface area (Å²) in [5, 5.41) is 0. The highest BCUT2D eigenvalue weighted by molar-refractivity contribution is 6.15. The zero-order valence-electron chi connectivity index (χ0n) is 15.1. The maximum absolute atomic E-state index is 13.3. The minimum absolute atomic E-state index is 0.0639. The average Bonchev–Trinajstić information content (AvgIpc) is 2.59. The molecule has 2 atom stereocenters. The Morgan fingerprint density at radius 1 is 0.846 bits per heavy atom. The van der Waals surface area contributed by atoms with Gasteiger partial charge in [-0.05, 0) is 11.8 Å². The van der Waals surface area contributed by atoms with E-state index in [0.717, 1.165) is 0 Å². The molecule has 0 radical (unpaired) electrons. The van der Waals surface area contributed by atoms with Crippen LogP contribution in [0.15, 0.2) is 53.0 Å². The molecule has 4 heteroatoms. The van der Waals surface area contributed by atoms with Gasteiger partial charge in [0.25, 0.3) is 0 Å². The first-order valence-corrected chi connectivity index (χ1v) is 9.25. The first-order valence-electron chi connectivity index (χ1n) is 9.25. The zero-order chi connectivity index (χ0) is 18.4. The molecule has 0 aromatic heterocycles. The number of carbonyl (C=O) groups is 3. The van der Waals surface area contributed by atoms with Gasteiger partial charge in [-0.25, -0.2) is 0 Å². The fraction of sp³-hybridized carbons (Fsp3) is 0.409. The summed E-state index contributed by atoms with van der Waals surface area (Å²) in [5.74, 6) is 0.459. The lowest BCUT2D eigenvalue weighted by Crippen LogP contribution is -2.38. The van der Waals surface area contributed by atoms with E-state index in [1.165, 1.54) is 0 Å². The molecule has 1 heterocycles. The highest BCUT2D eigenvalue weighted by Crippen LogP contribution is 2.46.